The van der Waals surface area contributed by atoms with E-state index >= 15 is 0 Å². The third-order valence-electron chi connectivity index (χ3n) is 4.51. The Morgan fingerprint density at radius 1 is 1.00 bits per heavy atom. The maximum absolute atomic E-state index is 12.3. The van der Waals surface area contributed by atoms with Crippen LogP contribution in [0.25, 0.3) is 0 Å². The first-order valence-corrected chi connectivity index (χ1v) is 9.25. The standard InChI is InChI=1S/C23H30NO3.CH3.Y/c1-22(2,3)18-13-15(14-19(21(18)27)23(4,5)6)7-12-20(26)24-16-8-10-17(25)11-9-16;;/h8-10,13-14,25,27H,7,12H2,1-6H3,(H,24,26);1H3;/q2*-1;. The minimum absolute atomic E-state index is 0. The molecule has 0 bridgehead atoms. The molecular formula is C24H33NO3Y-2. The summed E-state index contributed by atoms with van der Waals surface area (Å²) >= 11 is 0. The quantitative estimate of drug-likeness (QED) is 0.406. The normalized spacial score (nSPS) is 11.2. The molecule has 1 radical (unpaired) electrons. The SMILES string of the molecule is CC(C)(C)c1cc(CCC(=O)Nc2c[c-]c(O)cc2)cc(C(C)(C)C)c1O.[CH3-].[Y]. The van der Waals surface area contributed by atoms with Gasteiger partial charge in [-0.05, 0) is 33.9 Å². The van der Waals surface area contributed by atoms with Gasteiger partial charge in [0.2, 0.25) is 5.91 Å². The van der Waals surface area contributed by atoms with Gasteiger partial charge in [0, 0.05) is 44.9 Å². The number of carbonyl (C=O) groups is 1. The van der Waals surface area contributed by atoms with Gasteiger partial charge in [0.05, 0.1) is 0 Å². The number of benzene rings is 2. The van der Waals surface area contributed by atoms with Crippen LogP contribution in [-0.2, 0) is 54.8 Å². The summed E-state index contributed by atoms with van der Waals surface area (Å²) in [4.78, 5) is 12.3. The molecule has 29 heavy (non-hydrogen) atoms. The first kappa shape index (κ1) is 27.6. The molecule has 4 nitrogen and oxygen atoms in total. The topological polar surface area (TPSA) is 69.6 Å². The van der Waals surface area contributed by atoms with E-state index in [1.165, 1.54) is 6.07 Å². The van der Waals surface area contributed by atoms with Crippen molar-refractivity contribution in [3.05, 3.63) is 60.5 Å². The van der Waals surface area contributed by atoms with Crippen LogP contribution < -0.4 is 5.32 Å². The van der Waals surface area contributed by atoms with Gasteiger partial charge in [-0.25, -0.2) is 0 Å². The van der Waals surface area contributed by atoms with Crippen molar-refractivity contribution in [3.8, 4) is 11.5 Å². The van der Waals surface area contributed by atoms with Gasteiger partial charge in [0.1, 0.15) is 5.75 Å². The van der Waals surface area contributed by atoms with Crippen LogP contribution in [0.5, 0.6) is 11.5 Å². The molecule has 0 atom stereocenters. The summed E-state index contributed by atoms with van der Waals surface area (Å²) in [6.45, 7) is 12.5. The Kier molecular flexibility index (Phi) is 10.1. The average Bonchev–Trinajstić information content (AvgIpc) is 2.54. The molecule has 0 saturated heterocycles. The zero-order chi connectivity index (χ0) is 20.4. The molecule has 0 aliphatic heterocycles. The van der Waals surface area contributed by atoms with Gasteiger partial charge >= 0.3 is 0 Å². The van der Waals surface area contributed by atoms with Crippen molar-refractivity contribution in [2.75, 3.05) is 5.32 Å². The number of aromatic hydroxyl groups is 2. The molecule has 0 saturated carbocycles. The molecule has 1 amide bonds. The van der Waals surface area contributed by atoms with E-state index in [-0.39, 0.29) is 62.6 Å². The monoisotopic (exact) mass is 472 g/mol. The molecule has 2 rings (SSSR count). The fraction of sp³-hybridized carbons (Fsp3) is 0.417. The minimum atomic E-state index is -0.190. The molecule has 5 heteroatoms. The van der Waals surface area contributed by atoms with E-state index in [0.717, 1.165) is 16.7 Å². The summed E-state index contributed by atoms with van der Waals surface area (Å²) in [5.41, 5.74) is 3.07. The van der Waals surface area contributed by atoms with Crippen LogP contribution in [-0.4, -0.2) is 16.1 Å². The molecule has 0 aliphatic carbocycles. The zero-order valence-corrected chi connectivity index (χ0v) is 21.5. The van der Waals surface area contributed by atoms with Gasteiger partial charge in [0.25, 0.3) is 0 Å². The van der Waals surface area contributed by atoms with Crippen molar-refractivity contribution in [1.29, 1.82) is 0 Å². The van der Waals surface area contributed by atoms with Crippen LogP contribution >= 0.6 is 0 Å². The summed E-state index contributed by atoms with van der Waals surface area (Å²) in [6, 6.07) is 11.3. The first-order valence-electron chi connectivity index (χ1n) is 9.25. The second-order valence-electron chi connectivity index (χ2n) is 9.05. The van der Waals surface area contributed by atoms with Crippen LogP contribution in [0, 0.1) is 13.5 Å². The zero-order valence-electron chi connectivity index (χ0n) is 18.7. The summed E-state index contributed by atoms with van der Waals surface area (Å²) in [5, 5.41) is 22.8. The van der Waals surface area contributed by atoms with Crippen molar-refractivity contribution < 1.29 is 47.7 Å². The molecule has 157 valence electrons. The van der Waals surface area contributed by atoms with Crippen molar-refractivity contribution >= 4 is 11.6 Å². The van der Waals surface area contributed by atoms with E-state index in [9.17, 15) is 15.0 Å². The van der Waals surface area contributed by atoms with Crippen LogP contribution in [0.15, 0.2) is 30.3 Å². The van der Waals surface area contributed by atoms with Crippen molar-refractivity contribution in [1.82, 2.24) is 0 Å². The molecular weight excluding hydrogens is 439 g/mol. The summed E-state index contributed by atoms with van der Waals surface area (Å²) in [6.07, 6.45) is 0.916. The fourth-order valence-corrected chi connectivity index (χ4v) is 2.96. The van der Waals surface area contributed by atoms with E-state index in [4.69, 9.17) is 0 Å². The third-order valence-corrected chi connectivity index (χ3v) is 4.51. The van der Waals surface area contributed by atoms with Gasteiger partial charge in [0.15, 0.2) is 0 Å². The van der Waals surface area contributed by atoms with Crippen LogP contribution in [0.1, 0.15) is 64.7 Å². The Morgan fingerprint density at radius 2 is 1.52 bits per heavy atom. The number of phenolic OH excluding ortho intramolecular Hbond substituents is 2. The second kappa shape index (κ2) is 10.6. The number of phenols is 2. The van der Waals surface area contributed by atoms with Crippen LogP contribution in [0.3, 0.4) is 0 Å². The smallest absolute Gasteiger partial charge is 0.213 e. The predicted molar refractivity (Wildman–Crippen MR) is 116 cm³/mol. The Bertz CT molecular complexity index is 780. The number of aryl methyl sites for hydroxylation is 1. The predicted octanol–water partition coefficient (Wildman–Crippen LogP) is 5.51. The van der Waals surface area contributed by atoms with Gasteiger partial charge in [-0.2, -0.15) is 6.07 Å². The second-order valence-corrected chi connectivity index (χ2v) is 9.05. The molecule has 0 heterocycles. The van der Waals surface area contributed by atoms with Gasteiger partial charge < -0.3 is 23.0 Å². The van der Waals surface area contributed by atoms with E-state index in [1.807, 2.05) is 12.1 Å². The Hall–Kier alpha value is -1.39. The maximum atomic E-state index is 12.3. The van der Waals surface area contributed by atoms with E-state index in [1.54, 1.807) is 12.1 Å². The third kappa shape index (κ3) is 7.75. The van der Waals surface area contributed by atoms with Crippen molar-refractivity contribution in [3.63, 3.8) is 0 Å². The number of amides is 1. The number of nitrogens with one attached hydrogen (secondary N) is 1. The van der Waals surface area contributed by atoms with E-state index < -0.39 is 0 Å². The maximum Gasteiger partial charge on any atom is 0.213 e. The number of hydrogen-bond acceptors (Lipinski definition) is 3. The van der Waals surface area contributed by atoms with Gasteiger partial charge in [-0.3, -0.25) is 4.79 Å². The molecule has 0 fully saturated rings. The van der Waals surface area contributed by atoms with Crippen molar-refractivity contribution in [2.45, 2.75) is 65.2 Å². The largest absolute Gasteiger partial charge is 0.534 e. The fourth-order valence-electron chi connectivity index (χ4n) is 2.96. The number of hydrogen-bond donors (Lipinski definition) is 3. The minimum Gasteiger partial charge on any atom is -0.534 e. The number of anilines is 1. The van der Waals surface area contributed by atoms with Crippen LogP contribution in [0.4, 0.5) is 5.69 Å². The van der Waals surface area contributed by atoms with E-state index in [0.29, 0.717) is 24.3 Å². The Balaban J connectivity index is 0.00000392. The Morgan fingerprint density at radius 3 is 1.93 bits per heavy atom. The number of rotatable bonds is 4. The molecule has 2 aromatic carbocycles. The first-order chi connectivity index (χ1) is 12.4. The number of carbonyl (C=O) groups excluding carboxylic acids is 1. The summed E-state index contributed by atoms with van der Waals surface area (Å²) in [5.74, 6) is 0.293. The van der Waals surface area contributed by atoms with Gasteiger partial charge in [-0.15, -0.1) is 18.2 Å². The van der Waals surface area contributed by atoms with E-state index in [2.05, 4.69) is 52.9 Å². The molecule has 0 aliphatic rings. The van der Waals surface area contributed by atoms with Gasteiger partial charge in [-0.1, -0.05) is 59.4 Å². The molecule has 3 N–H and O–H groups in total. The summed E-state index contributed by atoms with van der Waals surface area (Å²) in [7, 11) is 0. The van der Waals surface area contributed by atoms with Crippen molar-refractivity contribution in [2.24, 2.45) is 0 Å². The molecule has 0 spiro atoms. The van der Waals surface area contributed by atoms with Crippen LogP contribution in [0.2, 0.25) is 0 Å². The Labute approximate surface area is 201 Å². The summed E-state index contributed by atoms with van der Waals surface area (Å²) < 4.78 is 0. The molecule has 2 aromatic rings. The molecule has 0 unspecified atom stereocenters. The molecule has 0 aromatic heterocycles. The average molecular weight is 472 g/mol.